The molecule has 0 spiro atoms. The number of aromatic nitrogens is 1. The number of nitrogens with zero attached hydrogens (tertiary/aromatic N) is 4. The molecule has 0 aliphatic carbocycles. The molecule has 1 aliphatic heterocycles. The van der Waals surface area contributed by atoms with Crippen molar-refractivity contribution in [1.82, 2.24) is 10.3 Å². The minimum atomic E-state index is -0.621. The number of halogens is 1. The summed E-state index contributed by atoms with van der Waals surface area (Å²) >= 11 is 6.04. The monoisotopic (exact) mass is 414 g/mol. The third-order valence-electron chi connectivity index (χ3n) is 4.77. The number of nitriles is 2. The van der Waals surface area contributed by atoms with Crippen molar-refractivity contribution in [3.63, 3.8) is 0 Å². The number of benzene rings is 2. The number of hydrogen-bond donors (Lipinski definition) is 4. The van der Waals surface area contributed by atoms with E-state index in [1.807, 2.05) is 48.7 Å². The Balaban J connectivity index is 1.97. The highest BCUT2D eigenvalue weighted by molar-refractivity contribution is 6.30. The van der Waals surface area contributed by atoms with Gasteiger partial charge < -0.3 is 16.8 Å². The predicted octanol–water partition coefficient (Wildman–Crippen LogP) is 3.38. The molecule has 0 radical (unpaired) electrons. The van der Waals surface area contributed by atoms with E-state index in [-0.39, 0.29) is 23.0 Å². The fourth-order valence-electron chi connectivity index (χ4n) is 3.43. The fraction of sp³-hybridized carbons (Fsp3) is 0.0476. The average Bonchev–Trinajstić information content (AvgIpc) is 2.74. The molecular formula is C21H15ClN8. The van der Waals surface area contributed by atoms with E-state index in [2.05, 4.69) is 20.6 Å². The van der Waals surface area contributed by atoms with Crippen molar-refractivity contribution < 1.29 is 0 Å². The molecule has 1 unspecified atom stereocenters. The molecule has 0 amide bonds. The minimum Gasteiger partial charge on any atom is -0.397 e. The molecule has 0 saturated carbocycles. The van der Waals surface area contributed by atoms with Crippen LogP contribution in [0.15, 0.2) is 53.5 Å². The van der Waals surface area contributed by atoms with Gasteiger partial charge in [-0.05, 0) is 28.8 Å². The number of anilines is 3. The topological polar surface area (TPSA) is 149 Å². The molecule has 6 N–H and O–H groups in total. The number of nitrogen functional groups attached to an aromatic ring is 2. The Hall–Kier alpha value is -4.27. The summed E-state index contributed by atoms with van der Waals surface area (Å²) in [5.74, 6) is 0.550. The van der Waals surface area contributed by atoms with Crippen molar-refractivity contribution in [3.05, 3.63) is 70.2 Å². The quantitative estimate of drug-likeness (QED) is 0.371. The SMILES string of the molecule is N#CNC1=NC(c2ccccc2-c2ccc(Cl)cc2)c2c(nc(N)c(C#N)c2N)N1. The van der Waals surface area contributed by atoms with Crippen molar-refractivity contribution >= 4 is 34.9 Å². The summed E-state index contributed by atoms with van der Waals surface area (Å²) in [7, 11) is 0. The molecular weight excluding hydrogens is 400 g/mol. The first-order valence-electron chi connectivity index (χ1n) is 8.87. The van der Waals surface area contributed by atoms with Crippen molar-refractivity contribution in [1.29, 1.82) is 10.5 Å². The van der Waals surface area contributed by atoms with Gasteiger partial charge in [0.1, 0.15) is 29.3 Å². The lowest BCUT2D eigenvalue weighted by Crippen LogP contribution is -2.32. The predicted molar refractivity (Wildman–Crippen MR) is 116 cm³/mol. The van der Waals surface area contributed by atoms with Crippen LogP contribution in [-0.2, 0) is 0 Å². The Morgan fingerprint density at radius 1 is 1.07 bits per heavy atom. The Morgan fingerprint density at radius 2 is 1.80 bits per heavy atom. The summed E-state index contributed by atoms with van der Waals surface area (Å²) in [6, 6.07) is 16.5. The van der Waals surface area contributed by atoms with Crippen LogP contribution in [0.2, 0.25) is 5.02 Å². The lowest BCUT2D eigenvalue weighted by atomic mass is 9.89. The largest absolute Gasteiger partial charge is 0.397 e. The molecule has 0 bridgehead atoms. The minimum absolute atomic E-state index is 0.00388. The van der Waals surface area contributed by atoms with E-state index in [9.17, 15) is 5.26 Å². The van der Waals surface area contributed by atoms with Crippen LogP contribution in [0.25, 0.3) is 11.1 Å². The van der Waals surface area contributed by atoms with Gasteiger partial charge in [0, 0.05) is 10.6 Å². The van der Waals surface area contributed by atoms with E-state index in [1.54, 1.807) is 12.1 Å². The summed E-state index contributed by atoms with van der Waals surface area (Å²) < 4.78 is 0. The van der Waals surface area contributed by atoms with Crippen molar-refractivity contribution in [2.45, 2.75) is 6.04 Å². The van der Waals surface area contributed by atoms with Crippen LogP contribution in [0, 0.1) is 22.8 Å². The number of guanidine groups is 1. The van der Waals surface area contributed by atoms with Gasteiger partial charge in [-0.2, -0.15) is 10.5 Å². The van der Waals surface area contributed by atoms with Crippen LogP contribution in [0.1, 0.15) is 22.7 Å². The second-order valence-corrected chi connectivity index (χ2v) is 6.93. The number of pyridine rings is 1. The highest BCUT2D eigenvalue weighted by Crippen LogP contribution is 2.43. The van der Waals surface area contributed by atoms with Crippen molar-refractivity contribution in [3.8, 4) is 23.4 Å². The lowest BCUT2D eigenvalue weighted by Gasteiger charge is -2.27. The number of nitrogens with one attached hydrogen (secondary N) is 2. The van der Waals surface area contributed by atoms with Crippen LogP contribution in [-0.4, -0.2) is 10.9 Å². The highest BCUT2D eigenvalue weighted by atomic mass is 35.5. The summed E-state index contributed by atoms with van der Waals surface area (Å²) in [6.07, 6.45) is 1.84. The third kappa shape index (κ3) is 3.22. The van der Waals surface area contributed by atoms with E-state index in [0.717, 1.165) is 16.7 Å². The average molecular weight is 415 g/mol. The first kappa shape index (κ1) is 19.1. The zero-order valence-corrected chi connectivity index (χ0v) is 16.3. The first-order chi connectivity index (χ1) is 14.5. The molecule has 146 valence electrons. The number of aliphatic imine (C=N–C) groups is 1. The maximum absolute atomic E-state index is 9.48. The standard InChI is InChI=1S/C21H15ClN8/c22-12-7-5-11(6-8-12)13-3-1-2-4-14(13)18-16-17(25)15(9-23)19(26)29-20(16)30-21(28-18)27-10-24/h1-8,18H,(H6,25,26,27,28,29,30). The second kappa shape index (κ2) is 7.63. The Labute approximate surface area is 177 Å². The maximum atomic E-state index is 9.48. The normalized spacial score (nSPS) is 14.5. The lowest BCUT2D eigenvalue weighted by molar-refractivity contribution is 0.848. The smallest absolute Gasteiger partial charge is 0.211 e. The van der Waals surface area contributed by atoms with Crippen molar-refractivity contribution in [2.24, 2.45) is 4.99 Å². The Bertz CT molecular complexity index is 1250. The molecule has 0 saturated heterocycles. The van der Waals surface area contributed by atoms with Crippen LogP contribution in [0.4, 0.5) is 17.3 Å². The third-order valence-corrected chi connectivity index (χ3v) is 5.02. The number of fused-ring (bicyclic) bond motifs is 1. The Morgan fingerprint density at radius 3 is 2.50 bits per heavy atom. The van der Waals surface area contributed by atoms with E-state index in [0.29, 0.717) is 16.4 Å². The fourth-order valence-corrected chi connectivity index (χ4v) is 3.56. The van der Waals surface area contributed by atoms with Gasteiger partial charge >= 0.3 is 0 Å². The zero-order chi connectivity index (χ0) is 21.3. The molecule has 8 nitrogen and oxygen atoms in total. The van der Waals surface area contributed by atoms with Gasteiger partial charge in [0.05, 0.1) is 5.69 Å². The molecule has 1 aliphatic rings. The molecule has 0 fully saturated rings. The van der Waals surface area contributed by atoms with Crippen LogP contribution in [0.5, 0.6) is 0 Å². The molecule has 9 heteroatoms. The summed E-state index contributed by atoms with van der Waals surface area (Å²) in [6.45, 7) is 0. The van der Waals surface area contributed by atoms with Crippen LogP contribution in [0.3, 0.4) is 0 Å². The van der Waals surface area contributed by atoms with E-state index >= 15 is 0 Å². The summed E-state index contributed by atoms with van der Waals surface area (Å²) in [5, 5.41) is 24.6. The van der Waals surface area contributed by atoms with Gasteiger partial charge in [-0.1, -0.05) is 48.0 Å². The summed E-state index contributed by atoms with van der Waals surface area (Å²) in [4.78, 5) is 8.91. The number of rotatable bonds is 2. The number of hydrogen-bond acceptors (Lipinski definition) is 8. The maximum Gasteiger partial charge on any atom is 0.211 e. The number of nitrogens with two attached hydrogens (primary N) is 2. The molecule has 1 aromatic heterocycles. The molecule has 2 heterocycles. The molecule has 4 rings (SSSR count). The van der Waals surface area contributed by atoms with Crippen LogP contribution >= 0.6 is 11.6 Å². The Kier molecular flexibility index (Phi) is 4.85. The molecule has 1 atom stereocenters. The van der Waals surface area contributed by atoms with Crippen LogP contribution < -0.4 is 22.1 Å². The van der Waals surface area contributed by atoms with Gasteiger partial charge in [-0.15, -0.1) is 0 Å². The van der Waals surface area contributed by atoms with E-state index in [4.69, 9.17) is 28.3 Å². The molecule has 2 aromatic carbocycles. The summed E-state index contributed by atoms with van der Waals surface area (Å²) in [5.41, 5.74) is 15.7. The second-order valence-electron chi connectivity index (χ2n) is 6.50. The molecule has 3 aromatic rings. The highest BCUT2D eigenvalue weighted by Gasteiger charge is 2.31. The van der Waals surface area contributed by atoms with Gasteiger partial charge in [-0.3, -0.25) is 5.32 Å². The van der Waals surface area contributed by atoms with Crippen molar-refractivity contribution in [2.75, 3.05) is 16.8 Å². The molecule has 30 heavy (non-hydrogen) atoms. The van der Waals surface area contributed by atoms with E-state index in [1.165, 1.54) is 0 Å². The van der Waals surface area contributed by atoms with Gasteiger partial charge in [0.2, 0.25) is 5.96 Å². The van der Waals surface area contributed by atoms with E-state index < -0.39 is 6.04 Å². The van der Waals surface area contributed by atoms with Gasteiger partial charge in [0.15, 0.2) is 6.19 Å². The van der Waals surface area contributed by atoms with Gasteiger partial charge in [0.25, 0.3) is 0 Å². The van der Waals surface area contributed by atoms with Gasteiger partial charge in [-0.25, -0.2) is 9.98 Å². The first-order valence-corrected chi connectivity index (χ1v) is 9.25. The zero-order valence-electron chi connectivity index (χ0n) is 15.5.